The van der Waals surface area contributed by atoms with Crippen molar-refractivity contribution in [3.8, 4) is 5.75 Å². The monoisotopic (exact) mass is 245 g/mol. The van der Waals surface area contributed by atoms with Gasteiger partial charge >= 0.3 is 0 Å². The van der Waals surface area contributed by atoms with E-state index in [1.165, 1.54) is 24.8 Å². The summed E-state index contributed by atoms with van der Waals surface area (Å²) in [6.07, 6.45) is 6.86. The molecule has 98 valence electrons. The summed E-state index contributed by atoms with van der Waals surface area (Å²) in [6, 6.07) is 8.54. The fourth-order valence-electron chi connectivity index (χ4n) is 2.10. The minimum atomic E-state index is 0.964. The topological polar surface area (TPSA) is 12.5 Å². The average molecular weight is 245 g/mol. The van der Waals surface area contributed by atoms with Crippen LogP contribution in [0.5, 0.6) is 5.75 Å². The molecule has 18 heavy (non-hydrogen) atoms. The molecule has 0 atom stereocenters. The van der Waals surface area contributed by atoms with Gasteiger partial charge in [0.25, 0.3) is 0 Å². The first-order valence-corrected chi connectivity index (χ1v) is 6.92. The number of benzene rings is 1. The number of ether oxygens (including phenoxy) is 1. The predicted octanol–water partition coefficient (Wildman–Crippen LogP) is 3.63. The van der Waals surface area contributed by atoms with Crippen LogP contribution in [0.2, 0.25) is 0 Å². The van der Waals surface area contributed by atoms with Crippen LogP contribution in [0.25, 0.3) is 0 Å². The summed E-state index contributed by atoms with van der Waals surface area (Å²) in [4.78, 5) is 2.29. The Morgan fingerprint density at radius 1 is 1.22 bits per heavy atom. The molecule has 0 spiro atoms. The van der Waals surface area contributed by atoms with Crippen molar-refractivity contribution in [2.45, 2.75) is 32.6 Å². The van der Waals surface area contributed by atoms with E-state index in [9.17, 15) is 0 Å². The highest BCUT2D eigenvalue weighted by Crippen LogP contribution is 2.19. The van der Waals surface area contributed by atoms with E-state index in [-0.39, 0.29) is 0 Å². The maximum atomic E-state index is 5.90. The lowest BCUT2D eigenvalue weighted by Gasteiger charge is -2.21. The van der Waals surface area contributed by atoms with Crippen LogP contribution in [0.15, 0.2) is 36.1 Å². The summed E-state index contributed by atoms with van der Waals surface area (Å²) in [5.41, 5.74) is 1.40. The molecule has 1 aliphatic rings. The van der Waals surface area contributed by atoms with Gasteiger partial charge in [-0.3, -0.25) is 0 Å². The second-order valence-electron chi connectivity index (χ2n) is 5.03. The quantitative estimate of drug-likeness (QED) is 0.785. The van der Waals surface area contributed by atoms with Gasteiger partial charge in [0.2, 0.25) is 0 Å². The predicted molar refractivity (Wildman–Crippen MR) is 75.9 cm³/mol. The molecule has 2 heteroatoms. The Balaban J connectivity index is 1.90. The summed E-state index contributed by atoms with van der Waals surface area (Å²) in [5.74, 6) is 2.07. The minimum Gasteiger partial charge on any atom is -0.462 e. The molecule has 0 aliphatic carbocycles. The Bertz CT molecular complexity index is 394. The van der Waals surface area contributed by atoms with E-state index in [0.717, 1.165) is 31.0 Å². The third-order valence-electron chi connectivity index (χ3n) is 3.36. The molecular formula is C16H23NO. The van der Waals surface area contributed by atoms with Crippen molar-refractivity contribution in [2.75, 3.05) is 20.1 Å². The Kier molecular flexibility index (Phi) is 4.82. The molecule has 0 radical (unpaired) electrons. The molecule has 0 saturated heterocycles. The number of unbranched alkanes of at least 4 members (excludes halogenated alkanes) is 1. The molecule has 0 aromatic heterocycles. The highest BCUT2D eigenvalue weighted by Gasteiger charge is 2.09. The second-order valence-corrected chi connectivity index (χ2v) is 5.03. The van der Waals surface area contributed by atoms with Gasteiger partial charge in [0.15, 0.2) is 0 Å². The summed E-state index contributed by atoms with van der Waals surface area (Å²) in [7, 11) is 2.13. The number of rotatable bonds is 5. The van der Waals surface area contributed by atoms with Gasteiger partial charge < -0.3 is 9.64 Å². The van der Waals surface area contributed by atoms with Crippen LogP contribution in [-0.4, -0.2) is 25.0 Å². The van der Waals surface area contributed by atoms with Gasteiger partial charge in [-0.1, -0.05) is 25.5 Å². The van der Waals surface area contributed by atoms with Crippen LogP contribution in [0.4, 0.5) is 0 Å². The molecule has 2 rings (SSSR count). The first-order valence-electron chi connectivity index (χ1n) is 6.92. The third kappa shape index (κ3) is 3.88. The number of aryl methyl sites for hydroxylation is 1. The van der Waals surface area contributed by atoms with E-state index in [1.54, 1.807) is 0 Å². The van der Waals surface area contributed by atoms with Crippen LogP contribution in [0, 0.1) is 0 Å². The van der Waals surface area contributed by atoms with Gasteiger partial charge in [0.05, 0.1) is 0 Å². The molecule has 0 N–H and O–H groups in total. The normalized spacial score (nSPS) is 16.4. The van der Waals surface area contributed by atoms with E-state index in [1.807, 2.05) is 0 Å². The van der Waals surface area contributed by atoms with Crippen LogP contribution < -0.4 is 4.74 Å². The van der Waals surface area contributed by atoms with Crippen molar-refractivity contribution < 1.29 is 4.74 Å². The smallest absolute Gasteiger partial charge is 0.126 e. The zero-order valence-electron chi connectivity index (χ0n) is 11.5. The van der Waals surface area contributed by atoms with E-state index < -0.39 is 0 Å². The lowest BCUT2D eigenvalue weighted by atomic mass is 10.1. The minimum absolute atomic E-state index is 0.964. The van der Waals surface area contributed by atoms with Gasteiger partial charge in [-0.05, 0) is 43.7 Å². The van der Waals surface area contributed by atoms with Gasteiger partial charge in [0, 0.05) is 19.5 Å². The standard InChI is InChI=1S/C16H23NO/c1-3-4-5-14-6-8-15(9-7-14)18-16-10-12-17(2)13-11-16/h6-10H,3-5,11-13H2,1-2H3. The van der Waals surface area contributed by atoms with Crippen LogP contribution >= 0.6 is 0 Å². The molecular weight excluding hydrogens is 222 g/mol. The number of likely N-dealkylation sites (N-methyl/N-ethyl adjacent to an activating group) is 1. The largest absolute Gasteiger partial charge is 0.462 e. The molecule has 1 aromatic rings. The summed E-state index contributed by atoms with van der Waals surface area (Å²) >= 11 is 0. The van der Waals surface area contributed by atoms with Crippen LogP contribution in [0.3, 0.4) is 0 Å². The molecule has 0 bridgehead atoms. The molecule has 1 aromatic carbocycles. The van der Waals surface area contributed by atoms with Gasteiger partial charge in [-0.25, -0.2) is 0 Å². The molecule has 1 heterocycles. The van der Waals surface area contributed by atoms with Crippen LogP contribution in [0.1, 0.15) is 31.7 Å². The third-order valence-corrected chi connectivity index (χ3v) is 3.36. The molecule has 2 nitrogen and oxygen atoms in total. The van der Waals surface area contributed by atoms with E-state index >= 15 is 0 Å². The second kappa shape index (κ2) is 6.60. The zero-order valence-corrected chi connectivity index (χ0v) is 11.5. The van der Waals surface area contributed by atoms with E-state index in [2.05, 4.69) is 49.2 Å². The average Bonchev–Trinajstić information content (AvgIpc) is 2.41. The Morgan fingerprint density at radius 3 is 2.61 bits per heavy atom. The number of hydrogen-bond acceptors (Lipinski definition) is 2. The van der Waals surface area contributed by atoms with E-state index in [0.29, 0.717) is 0 Å². The molecule has 0 fully saturated rings. The lowest BCUT2D eigenvalue weighted by Crippen LogP contribution is -2.25. The number of hydrogen-bond donors (Lipinski definition) is 0. The fourth-order valence-corrected chi connectivity index (χ4v) is 2.10. The SMILES string of the molecule is CCCCc1ccc(OC2=CCN(C)CC2)cc1. The maximum Gasteiger partial charge on any atom is 0.126 e. The molecule has 0 saturated carbocycles. The van der Waals surface area contributed by atoms with E-state index in [4.69, 9.17) is 4.74 Å². The molecule has 0 unspecified atom stereocenters. The summed E-state index contributed by atoms with van der Waals surface area (Å²) in [5, 5.41) is 0. The maximum absolute atomic E-state index is 5.90. The first kappa shape index (κ1) is 13.2. The Hall–Kier alpha value is -1.28. The van der Waals surface area contributed by atoms with Crippen LogP contribution in [-0.2, 0) is 6.42 Å². The summed E-state index contributed by atoms with van der Waals surface area (Å²) < 4.78 is 5.90. The van der Waals surface area contributed by atoms with Crippen molar-refractivity contribution in [3.63, 3.8) is 0 Å². The van der Waals surface area contributed by atoms with Crippen molar-refractivity contribution in [2.24, 2.45) is 0 Å². The highest BCUT2D eigenvalue weighted by atomic mass is 16.5. The fraction of sp³-hybridized carbons (Fsp3) is 0.500. The van der Waals surface area contributed by atoms with Gasteiger partial charge in [-0.15, -0.1) is 0 Å². The van der Waals surface area contributed by atoms with Crippen molar-refractivity contribution in [1.29, 1.82) is 0 Å². The zero-order chi connectivity index (χ0) is 12.8. The molecule has 0 amide bonds. The van der Waals surface area contributed by atoms with Gasteiger partial charge in [-0.2, -0.15) is 0 Å². The van der Waals surface area contributed by atoms with Crippen molar-refractivity contribution in [1.82, 2.24) is 4.90 Å². The summed E-state index contributed by atoms with van der Waals surface area (Å²) in [6.45, 7) is 4.30. The lowest BCUT2D eigenvalue weighted by molar-refractivity contribution is 0.302. The van der Waals surface area contributed by atoms with Crippen molar-refractivity contribution >= 4 is 0 Å². The Labute approximate surface area is 110 Å². The van der Waals surface area contributed by atoms with Crippen molar-refractivity contribution in [3.05, 3.63) is 41.7 Å². The van der Waals surface area contributed by atoms with Gasteiger partial charge in [0.1, 0.15) is 11.5 Å². The first-order chi connectivity index (χ1) is 8.78. The number of nitrogens with zero attached hydrogens (tertiary/aromatic N) is 1. The Morgan fingerprint density at radius 2 is 2.00 bits per heavy atom. The highest BCUT2D eigenvalue weighted by molar-refractivity contribution is 5.29. The molecule has 1 aliphatic heterocycles.